The maximum absolute atomic E-state index is 12.1. The topological polar surface area (TPSA) is 43.4 Å². The summed E-state index contributed by atoms with van der Waals surface area (Å²) >= 11 is 3.29. The number of ether oxygens (including phenoxy) is 1. The summed E-state index contributed by atoms with van der Waals surface area (Å²) < 4.78 is 30.6. The molecule has 1 aromatic carbocycles. The van der Waals surface area contributed by atoms with E-state index in [2.05, 4.69) is 15.9 Å². The fourth-order valence-corrected chi connectivity index (χ4v) is 3.68. The number of halogens is 1. The van der Waals surface area contributed by atoms with Crippen molar-refractivity contribution in [3.8, 4) is 0 Å². The lowest BCUT2D eigenvalue weighted by atomic mass is 10.1. The van der Waals surface area contributed by atoms with Crippen molar-refractivity contribution in [2.24, 2.45) is 0 Å². The van der Waals surface area contributed by atoms with Crippen molar-refractivity contribution < 1.29 is 13.2 Å². The molecule has 1 heterocycles. The minimum absolute atomic E-state index is 0.0919. The van der Waals surface area contributed by atoms with E-state index in [0.29, 0.717) is 11.5 Å². The van der Waals surface area contributed by atoms with E-state index >= 15 is 0 Å². The van der Waals surface area contributed by atoms with Crippen molar-refractivity contribution in [2.75, 3.05) is 12.4 Å². The Labute approximate surface area is 110 Å². The average Bonchev–Trinajstić information content (AvgIpc) is 2.30. The van der Waals surface area contributed by atoms with E-state index in [4.69, 9.17) is 4.74 Å². The Balaban J connectivity index is 2.10. The zero-order valence-corrected chi connectivity index (χ0v) is 11.8. The molecular weight excluding hydrogens is 304 g/mol. The fourth-order valence-electron chi connectivity index (χ4n) is 1.92. The van der Waals surface area contributed by atoms with E-state index in [1.54, 1.807) is 24.3 Å². The van der Waals surface area contributed by atoms with E-state index in [9.17, 15) is 8.42 Å². The van der Waals surface area contributed by atoms with E-state index in [0.717, 1.165) is 23.7 Å². The second kappa shape index (κ2) is 5.50. The van der Waals surface area contributed by atoms with E-state index in [-0.39, 0.29) is 11.9 Å². The number of sulfone groups is 1. The Kier molecular flexibility index (Phi) is 4.22. The SMILES string of the molecule is O=S(=O)(CC1CCCCO1)c1ccc(Br)cc1. The lowest BCUT2D eigenvalue weighted by Gasteiger charge is -2.22. The molecule has 0 N–H and O–H groups in total. The molecule has 0 spiro atoms. The Bertz CT molecular complexity index is 461. The quantitative estimate of drug-likeness (QED) is 0.860. The Morgan fingerprint density at radius 2 is 1.94 bits per heavy atom. The predicted octanol–water partition coefficient (Wildman–Crippen LogP) is 2.79. The van der Waals surface area contributed by atoms with Crippen LogP contribution in [-0.2, 0) is 14.6 Å². The summed E-state index contributed by atoms with van der Waals surface area (Å²) in [5.41, 5.74) is 0. The van der Waals surface area contributed by atoms with Crippen molar-refractivity contribution in [1.82, 2.24) is 0 Å². The minimum atomic E-state index is -3.22. The largest absolute Gasteiger partial charge is 0.377 e. The zero-order valence-electron chi connectivity index (χ0n) is 9.43. The molecule has 17 heavy (non-hydrogen) atoms. The third kappa shape index (κ3) is 3.53. The van der Waals surface area contributed by atoms with Gasteiger partial charge in [-0.2, -0.15) is 0 Å². The number of hydrogen-bond donors (Lipinski definition) is 0. The summed E-state index contributed by atoms with van der Waals surface area (Å²) in [6, 6.07) is 6.74. The first-order valence-electron chi connectivity index (χ1n) is 5.68. The van der Waals surface area contributed by atoms with Gasteiger partial charge in [-0.15, -0.1) is 0 Å². The monoisotopic (exact) mass is 318 g/mol. The predicted molar refractivity (Wildman–Crippen MR) is 69.8 cm³/mol. The molecule has 0 aromatic heterocycles. The molecule has 0 radical (unpaired) electrons. The Morgan fingerprint density at radius 1 is 1.24 bits per heavy atom. The van der Waals surface area contributed by atoms with Crippen LogP contribution in [0, 0.1) is 0 Å². The van der Waals surface area contributed by atoms with Gasteiger partial charge in [0.25, 0.3) is 0 Å². The van der Waals surface area contributed by atoms with Crippen LogP contribution in [0.2, 0.25) is 0 Å². The summed E-state index contributed by atoms with van der Waals surface area (Å²) in [5, 5.41) is 0. The second-order valence-electron chi connectivity index (χ2n) is 4.22. The summed E-state index contributed by atoms with van der Waals surface area (Å²) in [6.07, 6.45) is 2.79. The highest BCUT2D eigenvalue weighted by molar-refractivity contribution is 9.10. The summed E-state index contributed by atoms with van der Waals surface area (Å²) in [7, 11) is -3.22. The molecule has 1 fully saturated rings. The van der Waals surface area contributed by atoms with Gasteiger partial charge in [-0.3, -0.25) is 0 Å². The van der Waals surface area contributed by atoms with Crippen molar-refractivity contribution in [3.63, 3.8) is 0 Å². The van der Waals surface area contributed by atoms with Crippen LogP contribution in [0.1, 0.15) is 19.3 Å². The van der Waals surface area contributed by atoms with Crippen molar-refractivity contribution in [1.29, 1.82) is 0 Å². The highest BCUT2D eigenvalue weighted by atomic mass is 79.9. The molecule has 0 aliphatic carbocycles. The summed E-state index contributed by atoms with van der Waals surface area (Å²) in [6.45, 7) is 0.681. The smallest absolute Gasteiger partial charge is 0.180 e. The fraction of sp³-hybridized carbons (Fsp3) is 0.500. The van der Waals surface area contributed by atoms with Gasteiger partial charge in [0.1, 0.15) is 0 Å². The van der Waals surface area contributed by atoms with Gasteiger partial charge in [-0.1, -0.05) is 15.9 Å². The Morgan fingerprint density at radius 3 is 2.53 bits per heavy atom. The lowest BCUT2D eigenvalue weighted by molar-refractivity contribution is 0.0305. The molecule has 1 aromatic rings. The second-order valence-corrected chi connectivity index (χ2v) is 7.17. The molecule has 1 unspecified atom stereocenters. The van der Waals surface area contributed by atoms with Crippen LogP contribution in [-0.4, -0.2) is 26.9 Å². The van der Waals surface area contributed by atoms with Gasteiger partial charge in [0, 0.05) is 11.1 Å². The zero-order chi connectivity index (χ0) is 12.3. The van der Waals surface area contributed by atoms with Crippen molar-refractivity contribution in [3.05, 3.63) is 28.7 Å². The molecule has 94 valence electrons. The molecule has 1 saturated heterocycles. The summed E-state index contributed by atoms with van der Waals surface area (Å²) in [5.74, 6) is 0.0919. The van der Waals surface area contributed by atoms with Crippen LogP contribution in [0.25, 0.3) is 0 Å². The first-order chi connectivity index (χ1) is 8.08. The van der Waals surface area contributed by atoms with Crippen molar-refractivity contribution in [2.45, 2.75) is 30.3 Å². The van der Waals surface area contributed by atoms with Gasteiger partial charge in [-0.05, 0) is 43.5 Å². The molecule has 0 saturated carbocycles. The van der Waals surface area contributed by atoms with Crippen molar-refractivity contribution >= 4 is 25.8 Å². The lowest BCUT2D eigenvalue weighted by Crippen LogP contribution is -2.27. The van der Waals surface area contributed by atoms with E-state index in [1.807, 2.05) is 0 Å². The van der Waals surface area contributed by atoms with Crippen LogP contribution in [0.15, 0.2) is 33.6 Å². The average molecular weight is 319 g/mol. The molecule has 0 bridgehead atoms. The molecule has 1 aliphatic rings. The minimum Gasteiger partial charge on any atom is -0.377 e. The first kappa shape index (κ1) is 13.1. The summed E-state index contributed by atoms with van der Waals surface area (Å²) in [4.78, 5) is 0.370. The highest BCUT2D eigenvalue weighted by Crippen LogP contribution is 2.20. The van der Waals surface area contributed by atoms with Gasteiger partial charge in [0.15, 0.2) is 9.84 Å². The van der Waals surface area contributed by atoms with E-state index in [1.165, 1.54) is 0 Å². The molecule has 2 rings (SSSR count). The molecule has 5 heteroatoms. The number of hydrogen-bond acceptors (Lipinski definition) is 3. The number of benzene rings is 1. The maximum atomic E-state index is 12.1. The molecule has 3 nitrogen and oxygen atoms in total. The van der Waals surface area contributed by atoms with Crippen LogP contribution in [0.5, 0.6) is 0 Å². The van der Waals surface area contributed by atoms with E-state index < -0.39 is 9.84 Å². The third-order valence-electron chi connectivity index (χ3n) is 2.85. The Hall–Kier alpha value is -0.390. The van der Waals surface area contributed by atoms with Gasteiger partial charge >= 0.3 is 0 Å². The maximum Gasteiger partial charge on any atom is 0.180 e. The van der Waals surface area contributed by atoms with Gasteiger partial charge in [-0.25, -0.2) is 8.42 Å². The van der Waals surface area contributed by atoms with Crippen LogP contribution >= 0.6 is 15.9 Å². The van der Waals surface area contributed by atoms with Crippen LogP contribution in [0.3, 0.4) is 0 Å². The molecule has 0 amide bonds. The van der Waals surface area contributed by atoms with Crippen LogP contribution < -0.4 is 0 Å². The first-order valence-corrected chi connectivity index (χ1v) is 8.12. The van der Waals surface area contributed by atoms with Gasteiger partial charge in [0.05, 0.1) is 16.8 Å². The molecule has 1 atom stereocenters. The molecule has 1 aliphatic heterocycles. The normalized spacial score (nSPS) is 21.4. The third-order valence-corrected chi connectivity index (χ3v) is 5.18. The van der Waals surface area contributed by atoms with Gasteiger partial charge in [0.2, 0.25) is 0 Å². The molecular formula is C12H15BrO3S. The highest BCUT2D eigenvalue weighted by Gasteiger charge is 2.23. The van der Waals surface area contributed by atoms with Crippen LogP contribution in [0.4, 0.5) is 0 Å². The standard InChI is InChI=1S/C12H15BrO3S/c13-10-4-6-12(7-5-10)17(14,15)9-11-3-1-2-8-16-11/h4-7,11H,1-3,8-9H2. The van der Waals surface area contributed by atoms with Gasteiger partial charge < -0.3 is 4.74 Å². The number of rotatable bonds is 3.